The van der Waals surface area contributed by atoms with Crippen LogP contribution in [0.25, 0.3) is 6.08 Å². The Morgan fingerprint density at radius 3 is 2.42 bits per heavy atom. The maximum absolute atomic E-state index is 12.9. The van der Waals surface area contributed by atoms with Crippen LogP contribution in [-0.4, -0.2) is 31.0 Å². The molecule has 3 rings (SSSR count). The zero-order valence-corrected chi connectivity index (χ0v) is 15.8. The van der Waals surface area contributed by atoms with E-state index in [1.54, 1.807) is 30.3 Å². The third-order valence-electron chi connectivity index (χ3n) is 3.89. The van der Waals surface area contributed by atoms with Crippen LogP contribution in [0.4, 0.5) is 11.4 Å². The van der Waals surface area contributed by atoms with Crippen molar-refractivity contribution in [3.8, 4) is 0 Å². The molecule has 2 aromatic carbocycles. The minimum absolute atomic E-state index is 0.0104. The predicted octanol–water partition coefficient (Wildman–Crippen LogP) is 3.24. The van der Waals surface area contributed by atoms with Crippen molar-refractivity contribution in [3.63, 3.8) is 0 Å². The Morgan fingerprint density at radius 1 is 1.12 bits per heavy atom. The van der Waals surface area contributed by atoms with Gasteiger partial charge in [0.15, 0.2) is 5.11 Å². The Balaban J connectivity index is 1.97. The van der Waals surface area contributed by atoms with Gasteiger partial charge < -0.3 is 4.90 Å². The largest absolute Gasteiger partial charge is 0.378 e. The van der Waals surface area contributed by atoms with Crippen LogP contribution in [0.2, 0.25) is 5.02 Å². The van der Waals surface area contributed by atoms with E-state index in [1.165, 1.54) is 4.90 Å². The maximum atomic E-state index is 12.9. The second-order valence-electron chi connectivity index (χ2n) is 5.92. The van der Waals surface area contributed by atoms with Gasteiger partial charge in [0, 0.05) is 24.8 Å². The number of hydrogen-bond acceptors (Lipinski definition) is 4. The second kappa shape index (κ2) is 7.27. The van der Waals surface area contributed by atoms with Crippen molar-refractivity contribution in [1.29, 1.82) is 0 Å². The molecule has 0 radical (unpaired) electrons. The number of thiocarbonyl (C=S) groups is 1. The maximum Gasteiger partial charge on any atom is 0.270 e. The van der Waals surface area contributed by atoms with E-state index in [-0.39, 0.29) is 10.7 Å². The number of hydrogen-bond donors (Lipinski definition) is 1. The number of nitrogens with zero attached hydrogens (tertiary/aromatic N) is 2. The van der Waals surface area contributed by atoms with Crippen molar-refractivity contribution in [2.75, 3.05) is 23.9 Å². The Hall–Kier alpha value is -2.70. The number of anilines is 2. The van der Waals surface area contributed by atoms with Crippen molar-refractivity contribution in [2.45, 2.75) is 0 Å². The molecule has 7 heteroatoms. The number of benzene rings is 2. The number of nitrogens with one attached hydrogen (secondary N) is 1. The Morgan fingerprint density at radius 2 is 1.81 bits per heavy atom. The fourth-order valence-electron chi connectivity index (χ4n) is 2.54. The van der Waals surface area contributed by atoms with Crippen molar-refractivity contribution >= 4 is 58.2 Å². The van der Waals surface area contributed by atoms with Crippen molar-refractivity contribution in [1.82, 2.24) is 5.32 Å². The van der Waals surface area contributed by atoms with Crippen LogP contribution < -0.4 is 15.1 Å². The molecule has 0 saturated carbocycles. The SMILES string of the molecule is CN(C)c1ccc(/C=C2\C(=O)NC(=S)N(c3cccc(Cl)c3)C2=O)cc1. The van der Waals surface area contributed by atoms with Crippen LogP contribution in [0.3, 0.4) is 0 Å². The number of amides is 2. The molecule has 0 atom stereocenters. The highest BCUT2D eigenvalue weighted by molar-refractivity contribution is 7.80. The third kappa shape index (κ3) is 3.61. The first-order valence-corrected chi connectivity index (χ1v) is 8.60. The first-order valence-electron chi connectivity index (χ1n) is 7.81. The van der Waals surface area contributed by atoms with Gasteiger partial charge in [-0.05, 0) is 54.2 Å². The van der Waals surface area contributed by atoms with E-state index in [4.69, 9.17) is 23.8 Å². The highest BCUT2D eigenvalue weighted by Gasteiger charge is 2.34. The zero-order valence-electron chi connectivity index (χ0n) is 14.2. The Labute approximate surface area is 161 Å². The molecule has 0 unspecified atom stereocenters. The van der Waals surface area contributed by atoms with E-state index < -0.39 is 11.8 Å². The summed E-state index contributed by atoms with van der Waals surface area (Å²) in [5.41, 5.74) is 2.28. The summed E-state index contributed by atoms with van der Waals surface area (Å²) in [4.78, 5) is 28.4. The van der Waals surface area contributed by atoms with E-state index in [0.717, 1.165) is 11.3 Å². The quantitative estimate of drug-likeness (QED) is 0.500. The van der Waals surface area contributed by atoms with Gasteiger partial charge in [0.2, 0.25) is 0 Å². The van der Waals surface area contributed by atoms with E-state index in [9.17, 15) is 9.59 Å². The summed E-state index contributed by atoms with van der Waals surface area (Å²) < 4.78 is 0. The van der Waals surface area contributed by atoms with Gasteiger partial charge in [0.05, 0.1) is 5.69 Å². The molecule has 2 aromatic rings. The van der Waals surface area contributed by atoms with Gasteiger partial charge >= 0.3 is 0 Å². The molecule has 132 valence electrons. The highest BCUT2D eigenvalue weighted by Crippen LogP contribution is 2.25. The van der Waals surface area contributed by atoms with E-state index in [0.29, 0.717) is 10.7 Å². The molecule has 5 nitrogen and oxygen atoms in total. The molecule has 0 aliphatic carbocycles. The average Bonchev–Trinajstić information content (AvgIpc) is 2.59. The number of halogens is 1. The van der Waals surface area contributed by atoms with E-state index in [2.05, 4.69) is 5.32 Å². The van der Waals surface area contributed by atoms with Gasteiger partial charge in [-0.15, -0.1) is 0 Å². The summed E-state index contributed by atoms with van der Waals surface area (Å²) in [5.74, 6) is -1.01. The molecule has 1 saturated heterocycles. The average molecular weight is 386 g/mol. The summed E-state index contributed by atoms with van der Waals surface area (Å²) in [7, 11) is 3.88. The monoisotopic (exact) mass is 385 g/mol. The molecule has 1 aliphatic rings. The summed E-state index contributed by atoms with van der Waals surface area (Å²) >= 11 is 11.2. The molecule has 0 aromatic heterocycles. The van der Waals surface area contributed by atoms with Crippen LogP contribution in [0, 0.1) is 0 Å². The van der Waals surface area contributed by atoms with Gasteiger partial charge in [-0.25, -0.2) is 0 Å². The fraction of sp³-hybridized carbons (Fsp3) is 0.105. The van der Waals surface area contributed by atoms with Gasteiger partial charge in [0.1, 0.15) is 5.57 Å². The van der Waals surface area contributed by atoms with Crippen LogP contribution in [0.15, 0.2) is 54.1 Å². The lowest BCUT2D eigenvalue weighted by Crippen LogP contribution is -2.54. The minimum atomic E-state index is -0.519. The predicted molar refractivity (Wildman–Crippen MR) is 108 cm³/mol. The first-order chi connectivity index (χ1) is 12.4. The highest BCUT2D eigenvalue weighted by atomic mass is 35.5. The molecule has 26 heavy (non-hydrogen) atoms. The molecule has 1 aliphatic heterocycles. The molecule has 1 N–H and O–H groups in total. The van der Waals surface area contributed by atoms with Crippen LogP contribution in [0.1, 0.15) is 5.56 Å². The zero-order chi connectivity index (χ0) is 18.8. The smallest absolute Gasteiger partial charge is 0.270 e. The lowest BCUT2D eigenvalue weighted by molar-refractivity contribution is -0.122. The Kier molecular flexibility index (Phi) is 5.06. The molecule has 2 amide bonds. The lowest BCUT2D eigenvalue weighted by atomic mass is 10.1. The molecular formula is C19H16ClN3O2S. The standard InChI is InChI=1S/C19H16ClN3O2S/c1-22(2)14-8-6-12(7-9-14)10-16-17(24)21-19(26)23(18(16)25)15-5-3-4-13(20)11-15/h3-11H,1-2H3,(H,21,24,26)/b16-10+. The molecule has 1 heterocycles. The van der Waals surface area contributed by atoms with Gasteiger partial charge in [0.25, 0.3) is 11.8 Å². The van der Waals surface area contributed by atoms with Crippen LogP contribution in [-0.2, 0) is 9.59 Å². The fourth-order valence-corrected chi connectivity index (χ4v) is 3.01. The van der Waals surface area contributed by atoms with Crippen molar-refractivity contribution < 1.29 is 9.59 Å². The number of carbonyl (C=O) groups excluding carboxylic acids is 2. The van der Waals surface area contributed by atoms with E-state index >= 15 is 0 Å². The molecule has 1 fully saturated rings. The van der Waals surface area contributed by atoms with Crippen molar-refractivity contribution in [2.24, 2.45) is 0 Å². The minimum Gasteiger partial charge on any atom is -0.378 e. The van der Waals surface area contributed by atoms with Gasteiger partial charge in [-0.2, -0.15) is 0 Å². The number of carbonyl (C=O) groups is 2. The van der Waals surface area contributed by atoms with Gasteiger partial charge in [-0.3, -0.25) is 19.8 Å². The Bertz CT molecular complexity index is 923. The second-order valence-corrected chi connectivity index (χ2v) is 6.75. The van der Waals surface area contributed by atoms with Gasteiger partial charge in [-0.1, -0.05) is 29.8 Å². The summed E-state index contributed by atoms with van der Waals surface area (Å²) in [6.45, 7) is 0. The summed E-state index contributed by atoms with van der Waals surface area (Å²) in [6, 6.07) is 14.3. The summed E-state index contributed by atoms with van der Waals surface area (Å²) in [5, 5.41) is 3.06. The molecule has 0 spiro atoms. The number of rotatable bonds is 3. The topological polar surface area (TPSA) is 52.7 Å². The van der Waals surface area contributed by atoms with E-state index in [1.807, 2.05) is 43.3 Å². The van der Waals surface area contributed by atoms with Crippen LogP contribution >= 0.6 is 23.8 Å². The normalized spacial score (nSPS) is 16.0. The van der Waals surface area contributed by atoms with Crippen LogP contribution in [0.5, 0.6) is 0 Å². The molecule has 0 bridgehead atoms. The summed E-state index contributed by atoms with van der Waals surface area (Å²) in [6.07, 6.45) is 1.55. The lowest BCUT2D eigenvalue weighted by Gasteiger charge is -2.29. The third-order valence-corrected chi connectivity index (χ3v) is 4.41. The first kappa shape index (κ1) is 18.1. The van der Waals surface area contributed by atoms with Crippen molar-refractivity contribution in [3.05, 3.63) is 64.7 Å². The molecular weight excluding hydrogens is 370 g/mol.